The first-order valence-corrected chi connectivity index (χ1v) is 6.05. The first-order chi connectivity index (χ1) is 8.10. The fraction of sp³-hybridized carbons (Fsp3) is 0.692. The van der Waals surface area contributed by atoms with E-state index in [1.54, 1.807) is 26.8 Å². The number of aliphatic carboxylic acids is 1. The summed E-state index contributed by atoms with van der Waals surface area (Å²) in [6.07, 6.45) is 1.77. The number of ether oxygens (including phenoxy) is 1. The van der Waals surface area contributed by atoms with Gasteiger partial charge in [-0.3, -0.25) is 4.90 Å². The largest absolute Gasteiger partial charge is 0.479 e. The molecule has 5 nitrogen and oxygen atoms in total. The highest BCUT2D eigenvalue weighted by atomic mass is 16.6. The molecule has 1 rings (SSSR count). The molecule has 0 aromatic carbocycles. The third kappa shape index (κ3) is 2.83. The standard InChI is InChI=1S/C13H21NO4/c1-6-9-7-13(5,10(15)16)14(8-9)11(17)18-12(2,3)4/h7H,6,8H2,1-5H3,(H,15,16)/t13-/m0/s1. The predicted octanol–water partition coefficient (Wildman–Crippen LogP) is 2.42. The van der Waals surface area contributed by atoms with Crippen LogP contribution in [0.4, 0.5) is 4.79 Å². The maximum absolute atomic E-state index is 12.0. The van der Waals surface area contributed by atoms with Crippen molar-refractivity contribution in [2.45, 2.75) is 52.2 Å². The van der Waals surface area contributed by atoms with E-state index in [0.717, 1.165) is 12.0 Å². The van der Waals surface area contributed by atoms with Gasteiger partial charge in [-0.1, -0.05) is 12.5 Å². The Labute approximate surface area is 107 Å². The molecule has 0 spiro atoms. The molecule has 1 N–H and O–H groups in total. The van der Waals surface area contributed by atoms with E-state index in [1.165, 1.54) is 11.8 Å². The third-order valence-corrected chi connectivity index (χ3v) is 2.91. The topological polar surface area (TPSA) is 66.8 Å². The van der Waals surface area contributed by atoms with Crippen molar-refractivity contribution in [1.29, 1.82) is 0 Å². The molecule has 0 aliphatic carbocycles. The highest BCUT2D eigenvalue weighted by Crippen LogP contribution is 2.30. The van der Waals surface area contributed by atoms with Crippen molar-refractivity contribution in [2.24, 2.45) is 0 Å². The monoisotopic (exact) mass is 255 g/mol. The minimum atomic E-state index is -1.31. The number of nitrogens with zero attached hydrogens (tertiary/aromatic N) is 1. The van der Waals surface area contributed by atoms with Gasteiger partial charge in [-0.05, 0) is 40.2 Å². The Morgan fingerprint density at radius 2 is 2.06 bits per heavy atom. The van der Waals surface area contributed by atoms with Gasteiger partial charge in [0, 0.05) is 6.54 Å². The van der Waals surface area contributed by atoms with Crippen molar-refractivity contribution in [1.82, 2.24) is 4.90 Å². The molecule has 1 atom stereocenters. The summed E-state index contributed by atoms with van der Waals surface area (Å²) in [4.78, 5) is 24.7. The van der Waals surface area contributed by atoms with Crippen molar-refractivity contribution in [2.75, 3.05) is 6.54 Å². The van der Waals surface area contributed by atoms with E-state index in [1.807, 2.05) is 6.92 Å². The number of carbonyl (C=O) groups excluding carboxylic acids is 1. The number of hydrogen-bond acceptors (Lipinski definition) is 3. The summed E-state index contributed by atoms with van der Waals surface area (Å²) in [5.41, 5.74) is -1.01. The van der Waals surface area contributed by atoms with Gasteiger partial charge in [0.25, 0.3) is 0 Å². The lowest BCUT2D eigenvalue weighted by atomic mass is 10.0. The van der Waals surface area contributed by atoms with Gasteiger partial charge in [-0.2, -0.15) is 0 Å². The molecule has 1 heterocycles. The first kappa shape index (κ1) is 14.5. The van der Waals surface area contributed by atoms with Gasteiger partial charge in [-0.25, -0.2) is 9.59 Å². The van der Waals surface area contributed by atoms with Crippen molar-refractivity contribution in [3.8, 4) is 0 Å². The van der Waals surface area contributed by atoms with Crippen LogP contribution in [0.5, 0.6) is 0 Å². The number of carboxylic acid groups (broad SMARTS) is 1. The molecule has 1 amide bonds. The Hall–Kier alpha value is -1.52. The minimum Gasteiger partial charge on any atom is -0.479 e. The second-order valence-electron chi connectivity index (χ2n) is 5.68. The van der Waals surface area contributed by atoms with E-state index in [9.17, 15) is 14.7 Å². The lowest BCUT2D eigenvalue weighted by Gasteiger charge is -2.32. The van der Waals surface area contributed by atoms with Gasteiger partial charge in [0.15, 0.2) is 5.54 Å². The zero-order valence-electron chi connectivity index (χ0n) is 11.6. The molecule has 5 heteroatoms. The Morgan fingerprint density at radius 1 is 1.50 bits per heavy atom. The van der Waals surface area contributed by atoms with Crippen molar-refractivity contribution in [3.63, 3.8) is 0 Å². The fourth-order valence-corrected chi connectivity index (χ4v) is 1.85. The lowest BCUT2D eigenvalue weighted by molar-refractivity contribution is -0.146. The average molecular weight is 255 g/mol. The molecule has 1 aliphatic rings. The van der Waals surface area contributed by atoms with Crippen LogP contribution >= 0.6 is 0 Å². The van der Waals surface area contributed by atoms with Crippen LogP contribution in [-0.2, 0) is 9.53 Å². The molecular weight excluding hydrogens is 234 g/mol. The highest BCUT2D eigenvalue weighted by molar-refractivity contribution is 5.88. The Kier molecular flexibility index (Phi) is 3.74. The van der Waals surface area contributed by atoms with E-state index in [-0.39, 0.29) is 0 Å². The zero-order valence-corrected chi connectivity index (χ0v) is 11.6. The molecular formula is C13H21NO4. The van der Waals surface area contributed by atoms with Gasteiger partial charge in [-0.15, -0.1) is 0 Å². The molecule has 18 heavy (non-hydrogen) atoms. The van der Waals surface area contributed by atoms with Gasteiger partial charge < -0.3 is 9.84 Å². The number of carboxylic acids is 1. The fourth-order valence-electron chi connectivity index (χ4n) is 1.85. The quantitative estimate of drug-likeness (QED) is 0.769. The number of hydrogen-bond donors (Lipinski definition) is 1. The zero-order chi connectivity index (χ0) is 14.1. The number of rotatable bonds is 2. The van der Waals surface area contributed by atoms with E-state index in [4.69, 9.17) is 4.74 Å². The molecule has 0 bridgehead atoms. The van der Waals surface area contributed by atoms with Crippen LogP contribution in [0.3, 0.4) is 0 Å². The van der Waals surface area contributed by atoms with Gasteiger partial charge >= 0.3 is 12.1 Å². The summed E-state index contributed by atoms with van der Waals surface area (Å²) in [5, 5.41) is 9.31. The maximum atomic E-state index is 12.0. The number of carbonyl (C=O) groups is 2. The Balaban J connectivity index is 2.96. The van der Waals surface area contributed by atoms with Gasteiger partial charge in [0.05, 0.1) is 0 Å². The molecule has 0 radical (unpaired) electrons. The second-order valence-corrected chi connectivity index (χ2v) is 5.68. The summed E-state index contributed by atoms with van der Waals surface area (Å²) in [5.74, 6) is -1.04. The van der Waals surface area contributed by atoms with E-state index in [0.29, 0.717) is 6.54 Å². The van der Waals surface area contributed by atoms with Crippen LogP contribution in [0.15, 0.2) is 11.6 Å². The lowest BCUT2D eigenvalue weighted by Crippen LogP contribution is -2.52. The molecule has 0 saturated heterocycles. The summed E-state index contributed by atoms with van der Waals surface area (Å²) in [6.45, 7) is 9.04. The van der Waals surface area contributed by atoms with Crippen molar-refractivity contribution in [3.05, 3.63) is 11.6 Å². The SMILES string of the molecule is CCC1=C[C@@](C)(C(=O)O)N(C(=O)OC(C)(C)C)C1. The van der Waals surface area contributed by atoms with Crippen molar-refractivity contribution < 1.29 is 19.4 Å². The van der Waals surface area contributed by atoms with Gasteiger partial charge in [0.2, 0.25) is 0 Å². The smallest absolute Gasteiger partial charge is 0.411 e. The van der Waals surface area contributed by atoms with Crippen LogP contribution < -0.4 is 0 Å². The maximum Gasteiger partial charge on any atom is 0.411 e. The molecule has 102 valence electrons. The highest BCUT2D eigenvalue weighted by Gasteiger charge is 2.46. The number of amides is 1. The van der Waals surface area contributed by atoms with E-state index >= 15 is 0 Å². The summed E-state index contributed by atoms with van der Waals surface area (Å²) in [7, 11) is 0. The molecule has 0 saturated carbocycles. The molecule has 0 unspecified atom stereocenters. The van der Waals surface area contributed by atoms with Crippen LogP contribution in [0, 0.1) is 0 Å². The van der Waals surface area contributed by atoms with Crippen LogP contribution in [0.2, 0.25) is 0 Å². The average Bonchev–Trinajstić information content (AvgIpc) is 2.54. The van der Waals surface area contributed by atoms with E-state index in [2.05, 4.69) is 0 Å². The molecule has 1 aliphatic heterocycles. The normalized spacial score (nSPS) is 23.8. The summed E-state index contributed by atoms with van der Waals surface area (Å²) < 4.78 is 5.25. The first-order valence-electron chi connectivity index (χ1n) is 6.05. The van der Waals surface area contributed by atoms with Gasteiger partial charge in [0.1, 0.15) is 5.60 Å². The Morgan fingerprint density at radius 3 is 2.44 bits per heavy atom. The van der Waals surface area contributed by atoms with Crippen LogP contribution in [0.1, 0.15) is 41.0 Å². The molecule has 0 fully saturated rings. The van der Waals surface area contributed by atoms with E-state index < -0.39 is 23.2 Å². The minimum absolute atomic E-state index is 0.314. The molecule has 0 aromatic rings. The van der Waals surface area contributed by atoms with Crippen LogP contribution in [0.25, 0.3) is 0 Å². The van der Waals surface area contributed by atoms with Crippen LogP contribution in [-0.4, -0.2) is 39.8 Å². The summed E-state index contributed by atoms with van der Waals surface area (Å²) in [6, 6.07) is 0. The Bertz CT molecular complexity index is 394. The molecule has 0 aromatic heterocycles. The second kappa shape index (κ2) is 4.63. The third-order valence-electron chi connectivity index (χ3n) is 2.91. The van der Waals surface area contributed by atoms with Crippen molar-refractivity contribution >= 4 is 12.1 Å². The predicted molar refractivity (Wildman–Crippen MR) is 67.4 cm³/mol. The summed E-state index contributed by atoms with van der Waals surface area (Å²) >= 11 is 0.